The van der Waals surface area contributed by atoms with Crippen molar-refractivity contribution in [1.29, 1.82) is 0 Å². The molecule has 0 saturated heterocycles. The Bertz CT molecular complexity index is 2240. The summed E-state index contributed by atoms with van der Waals surface area (Å²) in [5.41, 5.74) is 11.2. The van der Waals surface area contributed by atoms with E-state index in [0.29, 0.717) is 13.2 Å². The van der Waals surface area contributed by atoms with Gasteiger partial charge in [0.1, 0.15) is 24.7 Å². The lowest BCUT2D eigenvalue weighted by atomic mass is 9.98. The molecule has 6 nitrogen and oxygen atoms in total. The third kappa shape index (κ3) is 7.68. The van der Waals surface area contributed by atoms with Crippen LogP contribution in [0.15, 0.2) is 204 Å². The lowest BCUT2D eigenvalue weighted by Crippen LogP contribution is -2.18. The summed E-state index contributed by atoms with van der Waals surface area (Å²) in [7, 11) is 0. The Morgan fingerprint density at radius 1 is 0.393 bits per heavy atom. The predicted octanol–water partition coefficient (Wildman–Crippen LogP) is 11.6. The standard InChI is InChI=1S/C50H42N4O2/c1-5-15-37(16-6-1)47-33-49(53(51-47)43-21-9-3-10-22-43)39-25-29-45(30-26-39)55-35-41-19-13-14-20-42(41)36-56-46-31-27-40(28-32-46)50-34-48(38-17-7-2-8-18-38)52-54(50)44-23-11-4-12-24-44/h1-32,49-50H,33-36H2/t49-,50+. The van der Waals surface area contributed by atoms with Crippen molar-refractivity contribution in [2.45, 2.75) is 38.1 Å². The molecule has 6 heteroatoms. The quantitative estimate of drug-likeness (QED) is 0.126. The molecule has 2 heterocycles. The van der Waals surface area contributed by atoms with E-state index in [-0.39, 0.29) is 12.1 Å². The van der Waals surface area contributed by atoms with Gasteiger partial charge in [-0.3, -0.25) is 10.0 Å². The molecule has 9 rings (SSSR count). The van der Waals surface area contributed by atoms with E-state index in [1.165, 1.54) is 11.1 Å². The van der Waals surface area contributed by atoms with E-state index in [0.717, 1.165) is 69.4 Å². The van der Waals surface area contributed by atoms with Crippen LogP contribution in [-0.2, 0) is 13.2 Å². The Hall–Kier alpha value is -6.92. The maximum absolute atomic E-state index is 6.35. The molecule has 2 aliphatic heterocycles. The molecule has 0 radical (unpaired) electrons. The normalized spacial score (nSPS) is 16.4. The van der Waals surface area contributed by atoms with Gasteiger partial charge in [-0.25, -0.2) is 0 Å². The predicted molar refractivity (Wildman–Crippen MR) is 227 cm³/mol. The minimum atomic E-state index is 0.0923. The summed E-state index contributed by atoms with van der Waals surface area (Å²) in [6.45, 7) is 0.888. The van der Waals surface area contributed by atoms with Gasteiger partial charge in [-0.2, -0.15) is 10.2 Å². The Morgan fingerprint density at radius 2 is 0.732 bits per heavy atom. The van der Waals surface area contributed by atoms with E-state index in [1.807, 2.05) is 24.3 Å². The molecule has 0 amide bonds. The van der Waals surface area contributed by atoms with Crippen LogP contribution in [0.4, 0.5) is 11.4 Å². The van der Waals surface area contributed by atoms with E-state index in [1.54, 1.807) is 0 Å². The van der Waals surface area contributed by atoms with Crippen LogP contribution in [0.3, 0.4) is 0 Å². The Kier molecular flexibility index (Phi) is 10.1. The number of rotatable bonds is 12. The van der Waals surface area contributed by atoms with Crippen LogP contribution in [0.5, 0.6) is 11.5 Å². The maximum Gasteiger partial charge on any atom is 0.119 e. The van der Waals surface area contributed by atoms with Crippen molar-refractivity contribution in [3.8, 4) is 11.5 Å². The van der Waals surface area contributed by atoms with E-state index in [9.17, 15) is 0 Å². The van der Waals surface area contributed by atoms with Crippen molar-refractivity contribution >= 4 is 22.8 Å². The van der Waals surface area contributed by atoms with Crippen LogP contribution in [0, 0.1) is 0 Å². The summed E-state index contributed by atoms with van der Waals surface area (Å²) >= 11 is 0. The molecular weight excluding hydrogens is 689 g/mol. The average molecular weight is 731 g/mol. The lowest BCUT2D eigenvalue weighted by molar-refractivity contribution is 0.285. The number of benzene rings is 7. The van der Waals surface area contributed by atoms with Crippen LogP contribution >= 0.6 is 0 Å². The van der Waals surface area contributed by atoms with E-state index in [4.69, 9.17) is 19.7 Å². The van der Waals surface area contributed by atoms with Gasteiger partial charge in [0.05, 0.1) is 34.9 Å². The molecule has 7 aromatic rings. The third-order valence-corrected chi connectivity index (χ3v) is 10.5. The van der Waals surface area contributed by atoms with Gasteiger partial charge in [0.15, 0.2) is 0 Å². The number of hydrogen-bond acceptors (Lipinski definition) is 6. The first kappa shape index (κ1) is 34.8. The van der Waals surface area contributed by atoms with Gasteiger partial charge >= 0.3 is 0 Å². The maximum atomic E-state index is 6.35. The summed E-state index contributed by atoms with van der Waals surface area (Å²) < 4.78 is 12.7. The zero-order chi connectivity index (χ0) is 37.5. The topological polar surface area (TPSA) is 49.7 Å². The van der Waals surface area contributed by atoms with E-state index >= 15 is 0 Å². The molecule has 0 bridgehead atoms. The number of hydrazone groups is 2. The van der Waals surface area contributed by atoms with Crippen molar-refractivity contribution in [3.05, 3.63) is 228 Å². The van der Waals surface area contributed by atoms with Crippen molar-refractivity contribution < 1.29 is 9.47 Å². The fourth-order valence-corrected chi connectivity index (χ4v) is 7.52. The van der Waals surface area contributed by atoms with Crippen LogP contribution in [-0.4, -0.2) is 11.4 Å². The highest BCUT2D eigenvalue weighted by molar-refractivity contribution is 6.04. The molecule has 0 saturated carbocycles. The summed E-state index contributed by atoms with van der Waals surface area (Å²) in [5.74, 6) is 1.65. The van der Waals surface area contributed by atoms with Gasteiger partial charge in [0, 0.05) is 12.8 Å². The molecule has 2 atom stereocenters. The number of nitrogens with zero attached hydrogens (tertiary/aromatic N) is 4. The second kappa shape index (κ2) is 16.2. The van der Waals surface area contributed by atoms with Gasteiger partial charge < -0.3 is 9.47 Å². The fourth-order valence-electron chi connectivity index (χ4n) is 7.52. The van der Waals surface area contributed by atoms with Crippen LogP contribution in [0.2, 0.25) is 0 Å². The Labute approximate surface area is 328 Å². The highest BCUT2D eigenvalue weighted by Gasteiger charge is 2.31. The van der Waals surface area contributed by atoms with Gasteiger partial charge in [-0.15, -0.1) is 0 Å². The minimum absolute atomic E-state index is 0.0923. The van der Waals surface area contributed by atoms with Crippen LogP contribution in [0.25, 0.3) is 0 Å². The average Bonchev–Trinajstić information content (AvgIpc) is 3.94. The fraction of sp³-hybridized carbons (Fsp3) is 0.120. The molecule has 56 heavy (non-hydrogen) atoms. The number of hydrogen-bond donors (Lipinski definition) is 0. The summed E-state index contributed by atoms with van der Waals surface area (Å²) in [6.07, 6.45) is 1.65. The first-order chi connectivity index (χ1) is 27.7. The first-order valence-corrected chi connectivity index (χ1v) is 19.2. The van der Waals surface area contributed by atoms with Gasteiger partial charge in [0.25, 0.3) is 0 Å². The summed E-state index contributed by atoms with van der Waals surface area (Å²) in [5, 5.41) is 14.5. The number of para-hydroxylation sites is 2. The Balaban J connectivity index is 0.843. The largest absolute Gasteiger partial charge is 0.489 e. The second-order valence-corrected chi connectivity index (χ2v) is 14.1. The summed E-state index contributed by atoms with van der Waals surface area (Å²) in [6, 6.07) is 67.1. The highest BCUT2D eigenvalue weighted by Crippen LogP contribution is 2.39. The molecule has 0 aliphatic carbocycles. The van der Waals surface area contributed by atoms with Crippen LogP contribution in [0.1, 0.15) is 58.3 Å². The van der Waals surface area contributed by atoms with Gasteiger partial charge in [0.2, 0.25) is 0 Å². The second-order valence-electron chi connectivity index (χ2n) is 14.1. The molecule has 7 aromatic carbocycles. The molecule has 0 unspecified atom stereocenters. The first-order valence-electron chi connectivity index (χ1n) is 19.2. The summed E-state index contributed by atoms with van der Waals surface area (Å²) in [4.78, 5) is 0. The monoisotopic (exact) mass is 730 g/mol. The lowest BCUT2D eigenvalue weighted by Gasteiger charge is -2.24. The third-order valence-electron chi connectivity index (χ3n) is 10.5. The zero-order valence-corrected chi connectivity index (χ0v) is 31.1. The number of ether oxygens (including phenoxy) is 2. The molecule has 274 valence electrons. The Morgan fingerprint density at radius 3 is 1.11 bits per heavy atom. The minimum Gasteiger partial charge on any atom is -0.489 e. The van der Waals surface area contributed by atoms with E-state index in [2.05, 4.69) is 180 Å². The SMILES string of the molecule is c1ccc(C2=NN(c3ccccc3)[C@@H](c3ccc(OCc4ccccc4COc4ccc([C@@H]5CC(c6ccccc6)=NN5c5ccccc5)cc4)cc3)C2)cc1. The van der Waals surface area contributed by atoms with Crippen LogP contribution < -0.4 is 19.5 Å². The highest BCUT2D eigenvalue weighted by atomic mass is 16.5. The molecule has 0 spiro atoms. The zero-order valence-electron chi connectivity index (χ0n) is 31.1. The molecule has 0 aromatic heterocycles. The van der Waals surface area contributed by atoms with E-state index < -0.39 is 0 Å². The van der Waals surface area contributed by atoms with Crippen molar-refractivity contribution in [1.82, 2.24) is 0 Å². The molecule has 0 N–H and O–H groups in total. The van der Waals surface area contributed by atoms with Gasteiger partial charge in [-0.05, 0) is 81.9 Å². The molecular formula is C50H42N4O2. The van der Waals surface area contributed by atoms with Crippen molar-refractivity contribution in [2.75, 3.05) is 10.0 Å². The molecule has 0 fully saturated rings. The van der Waals surface area contributed by atoms with Crippen molar-refractivity contribution in [2.24, 2.45) is 10.2 Å². The smallest absolute Gasteiger partial charge is 0.119 e. The van der Waals surface area contributed by atoms with Gasteiger partial charge in [-0.1, -0.05) is 146 Å². The molecule has 2 aliphatic rings. The van der Waals surface area contributed by atoms with Crippen molar-refractivity contribution in [3.63, 3.8) is 0 Å². The number of anilines is 2.